The van der Waals surface area contributed by atoms with Gasteiger partial charge in [-0.1, -0.05) is 17.7 Å². The van der Waals surface area contributed by atoms with Gasteiger partial charge < -0.3 is 21.3 Å². The second kappa shape index (κ2) is 7.10. The van der Waals surface area contributed by atoms with Gasteiger partial charge in [0.25, 0.3) is 0 Å². The quantitative estimate of drug-likeness (QED) is 0.579. The molecule has 24 heavy (non-hydrogen) atoms. The summed E-state index contributed by atoms with van der Waals surface area (Å²) in [5, 5.41) is 10.2. The summed E-state index contributed by atoms with van der Waals surface area (Å²) in [5.74, 6) is -0.819. The molecule has 5 N–H and O–H groups in total. The third kappa shape index (κ3) is 3.52. The van der Waals surface area contributed by atoms with Crippen LogP contribution >= 0.6 is 11.6 Å². The Morgan fingerprint density at radius 1 is 1.29 bits per heavy atom. The maximum atomic E-state index is 11.9. The number of anilines is 3. The summed E-state index contributed by atoms with van der Waals surface area (Å²) in [6.45, 7) is 1.91. The molecule has 0 saturated carbocycles. The number of nitrogen functional groups attached to an aromatic ring is 1. The van der Waals surface area contributed by atoms with E-state index in [4.69, 9.17) is 27.8 Å². The van der Waals surface area contributed by atoms with Crippen molar-refractivity contribution in [2.24, 2.45) is 5.73 Å². The van der Waals surface area contributed by atoms with Crippen molar-refractivity contribution in [3.8, 4) is 5.75 Å². The summed E-state index contributed by atoms with van der Waals surface area (Å²) in [6.07, 6.45) is 0. The van der Waals surface area contributed by atoms with Crippen LogP contribution in [0.3, 0.4) is 0 Å². The number of ether oxygens (including phenoxy) is 1. The fraction of sp³-hybridized carbons (Fsp3) is 0.125. The van der Waals surface area contributed by atoms with Gasteiger partial charge in [0.15, 0.2) is 0 Å². The highest BCUT2D eigenvalue weighted by molar-refractivity contribution is 6.33. The summed E-state index contributed by atoms with van der Waals surface area (Å²) in [4.78, 5) is 24.8. The number of primary amides is 1. The molecule has 0 radical (unpaired) electrons. The normalized spacial score (nSPS) is 10.2. The predicted octanol–water partition coefficient (Wildman–Crippen LogP) is 3.02. The molecule has 0 aliphatic heterocycles. The highest BCUT2D eigenvalue weighted by atomic mass is 35.5. The Bertz CT molecular complexity index is 795. The zero-order valence-electron chi connectivity index (χ0n) is 12.8. The van der Waals surface area contributed by atoms with Crippen molar-refractivity contribution in [2.75, 3.05) is 17.2 Å². The molecule has 0 spiro atoms. The lowest BCUT2D eigenvalue weighted by atomic mass is 10.1. The van der Waals surface area contributed by atoms with Crippen LogP contribution in [0.5, 0.6) is 5.75 Å². The van der Waals surface area contributed by atoms with E-state index in [1.165, 1.54) is 24.3 Å². The van der Waals surface area contributed by atoms with E-state index >= 15 is 0 Å². The third-order valence-electron chi connectivity index (χ3n) is 3.17. The van der Waals surface area contributed by atoms with Crippen molar-refractivity contribution >= 4 is 40.7 Å². The molecule has 0 heterocycles. The van der Waals surface area contributed by atoms with Gasteiger partial charge in [-0.05, 0) is 31.2 Å². The van der Waals surface area contributed by atoms with Crippen molar-refractivity contribution in [1.82, 2.24) is 0 Å². The second-order valence-corrected chi connectivity index (χ2v) is 5.21. The molecule has 0 atom stereocenters. The second-order valence-electron chi connectivity index (χ2n) is 4.81. The number of amides is 2. The van der Waals surface area contributed by atoms with Crippen LogP contribution in [-0.4, -0.2) is 23.7 Å². The van der Waals surface area contributed by atoms with Gasteiger partial charge in [0, 0.05) is 6.07 Å². The van der Waals surface area contributed by atoms with Gasteiger partial charge in [-0.15, -0.1) is 0 Å². The Balaban J connectivity index is 2.53. The summed E-state index contributed by atoms with van der Waals surface area (Å²) in [6, 6.07) is 7.73. The van der Waals surface area contributed by atoms with Gasteiger partial charge >= 0.3 is 12.0 Å². The van der Waals surface area contributed by atoms with Gasteiger partial charge in [0.1, 0.15) is 5.75 Å². The lowest BCUT2D eigenvalue weighted by Gasteiger charge is -2.22. The maximum Gasteiger partial charge on any atom is 0.338 e. The number of hydrogen-bond acceptors (Lipinski definition) is 5. The first-order valence-corrected chi connectivity index (χ1v) is 7.37. The summed E-state index contributed by atoms with van der Waals surface area (Å²) < 4.78 is 4.93. The first kappa shape index (κ1) is 17.4. The first-order chi connectivity index (χ1) is 11.3. The van der Waals surface area contributed by atoms with Crippen LogP contribution in [0.1, 0.15) is 17.3 Å². The smallest absolute Gasteiger partial charge is 0.338 e. The Morgan fingerprint density at radius 2 is 2.00 bits per heavy atom. The van der Waals surface area contributed by atoms with Crippen LogP contribution in [0.15, 0.2) is 36.4 Å². The summed E-state index contributed by atoms with van der Waals surface area (Å²) in [7, 11) is 0. The molecule has 0 bridgehead atoms. The molecule has 0 aliphatic carbocycles. The van der Waals surface area contributed by atoms with E-state index in [2.05, 4.69) is 0 Å². The van der Waals surface area contributed by atoms with Gasteiger partial charge in [-0.3, -0.25) is 4.90 Å². The van der Waals surface area contributed by atoms with E-state index in [0.29, 0.717) is 0 Å². The number of phenols is 1. The van der Waals surface area contributed by atoms with E-state index in [1.54, 1.807) is 19.1 Å². The topological polar surface area (TPSA) is 119 Å². The van der Waals surface area contributed by atoms with Crippen LogP contribution in [0.25, 0.3) is 0 Å². The number of benzene rings is 2. The van der Waals surface area contributed by atoms with Gasteiger partial charge in [0.2, 0.25) is 0 Å². The lowest BCUT2D eigenvalue weighted by molar-refractivity contribution is 0.0526. The van der Waals surface area contributed by atoms with Crippen molar-refractivity contribution in [1.29, 1.82) is 0 Å². The molecule has 2 aromatic rings. The van der Waals surface area contributed by atoms with Gasteiger partial charge in [0.05, 0.1) is 34.3 Å². The number of aromatic hydroxyl groups is 1. The Hall–Kier alpha value is -2.93. The van der Waals surface area contributed by atoms with E-state index in [1.807, 2.05) is 0 Å². The molecule has 126 valence electrons. The summed E-state index contributed by atoms with van der Waals surface area (Å²) >= 11 is 5.96. The average Bonchev–Trinajstić information content (AvgIpc) is 2.53. The number of rotatable bonds is 4. The number of phenolic OH excluding ortho intramolecular Hbond substituents is 1. The van der Waals surface area contributed by atoms with Crippen LogP contribution < -0.4 is 16.4 Å². The fourth-order valence-electron chi connectivity index (χ4n) is 2.12. The molecule has 0 fully saturated rings. The van der Waals surface area contributed by atoms with Crippen molar-refractivity contribution in [3.05, 3.63) is 47.0 Å². The number of carbonyl (C=O) groups excluding carboxylic acids is 2. The predicted molar refractivity (Wildman–Crippen MR) is 91.7 cm³/mol. The van der Waals surface area contributed by atoms with E-state index in [-0.39, 0.29) is 40.0 Å². The molecule has 8 heteroatoms. The molecule has 2 rings (SSSR count). The lowest BCUT2D eigenvalue weighted by Crippen LogP contribution is -2.31. The minimum Gasteiger partial charge on any atom is -0.506 e. The zero-order chi connectivity index (χ0) is 17.9. The average molecular weight is 350 g/mol. The number of nitrogens with two attached hydrogens (primary N) is 2. The monoisotopic (exact) mass is 349 g/mol. The SMILES string of the molecule is CCOC(=O)c1cccc(N(C(N)=O)c2cc(Cl)c(N)cc2O)c1. The largest absolute Gasteiger partial charge is 0.506 e. The molecular formula is C16H16ClN3O4. The van der Waals surface area contributed by atoms with Gasteiger partial charge in [-0.25, -0.2) is 9.59 Å². The van der Waals surface area contributed by atoms with E-state index < -0.39 is 12.0 Å². The highest BCUT2D eigenvalue weighted by Crippen LogP contribution is 2.38. The minimum absolute atomic E-state index is 0.0442. The fourth-order valence-corrected chi connectivity index (χ4v) is 2.28. The molecule has 0 aromatic heterocycles. The van der Waals surface area contributed by atoms with Crippen LogP contribution in [-0.2, 0) is 4.74 Å². The Morgan fingerprint density at radius 3 is 2.62 bits per heavy atom. The Labute approximate surface area is 143 Å². The third-order valence-corrected chi connectivity index (χ3v) is 3.50. The minimum atomic E-state index is -0.868. The van der Waals surface area contributed by atoms with Gasteiger partial charge in [-0.2, -0.15) is 0 Å². The number of nitrogens with zero attached hydrogens (tertiary/aromatic N) is 1. The molecule has 0 saturated heterocycles. The zero-order valence-corrected chi connectivity index (χ0v) is 13.6. The summed E-state index contributed by atoms with van der Waals surface area (Å²) in [5.41, 5.74) is 11.7. The first-order valence-electron chi connectivity index (χ1n) is 6.99. The molecule has 0 unspecified atom stereocenters. The van der Waals surface area contributed by atoms with Crippen molar-refractivity contribution in [3.63, 3.8) is 0 Å². The van der Waals surface area contributed by atoms with E-state index in [0.717, 1.165) is 4.90 Å². The number of urea groups is 1. The number of halogens is 1. The molecule has 2 aromatic carbocycles. The van der Waals surface area contributed by atoms with Crippen molar-refractivity contribution in [2.45, 2.75) is 6.92 Å². The van der Waals surface area contributed by atoms with Crippen molar-refractivity contribution < 1.29 is 19.4 Å². The maximum absolute atomic E-state index is 11.9. The molecular weight excluding hydrogens is 334 g/mol. The molecule has 7 nitrogen and oxygen atoms in total. The highest BCUT2D eigenvalue weighted by Gasteiger charge is 2.21. The van der Waals surface area contributed by atoms with E-state index in [9.17, 15) is 14.7 Å². The van der Waals surface area contributed by atoms with Crippen LogP contribution in [0.4, 0.5) is 21.9 Å². The molecule has 0 aliphatic rings. The molecule has 2 amide bonds. The number of esters is 1. The Kier molecular flexibility index (Phi) is 5.15. The standard InChI is InChI=1S/C16H16ClN3O4/c1-2-24-15(22)9-4-3-5-10(6-9)20(16(19)23)13-7-11(17)12(18)8-14(13)21/h3-8,21H,2,18H2,1H3,(H2,19,23). The number of carbonyl (C=O) groups is 2. The van der Waals surface area contributed by atoms with Crippen LogP contribution in [0, 0.1) is 0 Å². The van der Waals surface area contributed by atoms with Crippen LogP contribution in [0.2, 0.25) is 5.02 Å². The number of hydrogen-bond donors (Lipinski definition) is 3.